The summed E-state index contributed by atoms with van der Waals surface area (Å²) >= 11 is 0. The number of ether oxygens (including phenoxy) is 1. The molecule has 3 heterocycles. The summed E-state index contributed by atoms with van der Waals surface area (Å²) in [5.74, 6) is -1.75. The van der Waals surface area contributed by atoms with E-state index in [-0.39, 0.29) is 37.1 Å². The van der Waals surface area contributed by atoms with Crippen LogP contribution in [0.15, 0.2) is 66.3 Å². The van der Waals surface area contributed by atoms with E-state index in [9.17, 15) is 23.6 Å². The van der Waals surface area contributed by atoms with Gasteiger partial charge in [-0.1, -0.05) is 36.4 Å². The number of hydrogen-bond donors (Lipinski definition) is 3. The number of benzene rings is 2. The minimum absolute atomic E-state index is 0.0204. The summed E-state index contributed by atoms with van der Waals surface area (Å²) in [6.07, 6.45) is 8.13. The Morgan fingerprint density at radius 1 is 1.02 bits per heavy atom. The van der Waals surface area contributed by atoms with Gasteiger partial charge in [-0.3, -0.25) is 24.1 Å². The highest BCUT2D eigenvalue weighted by atomic mass is 19.1. The van der Waals surface area contributed by atoms with E-state index in [0.29, 0.717) is 47.8 Å². The Hall–Kier alpha value is -4.57. The summed E-state index contributed by atoms with van der Waals surface area (Å²) in [7, 11) is 0. The number of allylic oxidation sites excluding steroid dienone is 3. The van der Waals surface area contributed by atoms with Crippen LogP contribution in [0.5, 0.6) is 0 Å². The Balaban J connectivity index is 1.53. The summed E-state index contributed by atoms with van der Waals surface area (Å²) in [4.78, 5) is 54.2. The van der Waals surface area contributed by atoms with E-state index in [1.54, 1.807) is 25.3 Å². The topological polar surface area (TPSA) is 117 Å². The molecule has 0 radical (unpaired) electrons. The highest BCUT2D eigenvalue weighted by Gasteiger charge is 2.32. The van der Waals surface area contributed by atoms with E-state index in [0.717, 1.165) is 10.8 Å². The fraction of sp³-hybridized carbons (Fsp3) is 0.371. The lowest BCUT2D eigenvalue weighted by molar-refractivity contribution is -0.148. The van der Waals surface area contributed by atoms with Crippen LogP contribution in [0.1, 0.15) is 52.0 Å². The monoisotopic (exact) mass is 614 g/mol. The van der Waals surface area contributed by atoms with E-state index < -0.39 is 29.5 Å². The normalized spacial score (nSPS) is 23.0. The lowest BCUT2D eigenvalue weighted by atomic mass is 9.95. The number of hydrogen-bond acceptors (Lipinski definition) is 6. The fourth-order valence-electron chi connectivity index (χ4n) is 5.76. The van der Waals surface area contributed by atoms with Gasteiger partial charge >= 0.3 is 5.97 Å². The zero-order valence-electron chi connectivity index (χ0n) is 25.8. The summed E-state index contributed by atoms with van der Waals surface area (Å²) < 4.78 is 19.8. The highest BCUT2D eigenvalue weighted by molar-refractivity contribution is 6.07. The molecule has 2 aromatic carbocycles. The lowest BCUT2D eigenvalue weighted by Crippen LogP contribution is -2.51. The Morgan fingerprint density at radius 3 is 2.58 bits per heavy atom. The maximum absolute atomic E-state index is 14.3. The number of carbonyl (C=O) groups excluding carboxylic acids is 4. The van der Waals surface area contributed by atoms with Crippen LogP contribution in [0.3, 0.4) is 0 Å². The first-order valence-electron chi connectivity index (χ1n) is 15.3. The molecule has 4 bridgehead atoms. The molecule has 3 aliphatic heterocycles. The third-order valence-electron chi connectivity index (χ3n) is 8.12. The maximum atomic E-state index is 14.3. The van der Waals surface area contributed by atoms with Crippen LogP contribution in [0.25, 0.3) is 11.8 Å². The Morgan fingerprint density at radius 2 is 1.80 bits per heavy atom. The van der Waals surface area contributed by atoms with Crippen molar-refractivity contribution in [1.82, 2.24) is 16.0 Å². The van der Waals surface area contributed by atoms with Crippen LogP contribution in [0.2, 0.25) is 0 Å². The molecule has 0 saturated heterocycles. The number of fused-ring (bicyclic) bond motifs is 15. The van der Waals surface area contributed by atoms with Gasteiger partial charge in [0.1, 0.15) is 18.0 Å². The van der Waals surface area contributed by atoms with Crippen LogP contribution in [0, 0.1) is 5.82 Å². The summed E-state index contributed by atoms with van der Waals surface area (Å²) in [6.45, 7) is 5.90. The quantitative estimate of drug-likeness (QED) is 0.392. The molecule has 45 heavy (non-hydrogen) atoms. The molecule has 0 spiro atoms. The maximum Gasteiger partial charge on any atom is 0.307 e. The van der Waals surface area contributed by atoms with E-state index >= 15 is 0 Å². The molecule has 4 aliphatic rings. The molecular weight excluding hydrogens is 575 g/mol. The Labute approximate surface area is 261 Å². The minimum atomic E-state index is -0.823. The third-order valence-corrected chi connectivity index (χ3v) is 8.12. The molecule has 3 amide bonds. The van der Waals surface area contributed by atoms with E-state index in [1.165, 1.54) is 17.0 Å². The number of nitrogens with zero attached hydrogens (tertiary/aromatic N) is 1. The van der Waals surface area contributed by atoms with Crippen molar-refractivity contribution in [3.05, 3.63) is 88.1 Å². The van der Waals surface area contributed by atoms with Crippen molar-refractivity contribution in [3.8, 4) is 0 Å². The molecule has 3 N–H and O–H groups in total. The molecule has 9 nitrogen and oxygen atoms in total. The van der Waals surface area contributed by atoms with Gasteiger partial charge in [0.05, 0.1) is 12.1 Å². The van der Waals surface area contributed by atoms with Crippen molar-refractivity contribution >= 4 is 41.2 Å². The number of esters is 1. The number of rotatable bonds is 0. The van der Waals surface area contributed by atoms with E-state index in [2.05, 4.69) is 16.0 Å². The van der Waals surface area contributed by atoms with Crippen molar-refractivity contribution in [2.24, 2.45) is 0 Å². The second-order valence-corrected chi connectivity index (χ2v) is 12.3. The number of aryl methyl sites for hydroxylation is 1. The van der Waals surface area contributed by atoms with Crippen LogP contribution < -0.4 is 31.3 Å². The predicted octanol–water partition coefficient (Wildman–Crippen LogP) is 2.27. The van der Waals surface area contributed by atoms with Crippen molar-refractivity contribution in [3.63, 3.8) is 0 Å². The van der Waals surface area contributed by atoms with Gasteiger partial charge in [0.15, 0.2) is 0 Å². The van der Waals surface area contributed by atoms with Gasteiger partial charge < -0.3 is 20.7 Å². The molecule has 236 valence electrons. The van der Waals surface area contributed by atoms with Crippen molar-refractivity contribution in [1.29, 1.82) is 0 Å². The molecule has 10 heteroatoms. The Bertz CT molecular complexity index is 1670. The second kappa shape index (κ2) is 13.6. The summed E-state index contributed by atoms with van der Waals surface area (Å²) in [5.41, 5.74) is 1.91. The number of carbonyl (C=O) groups is 4. The van der Waals surface area contributed by atoms with Crippen molar-refractivity contribution in [2.75, 3.05) is 18.0 Å². The molecule has 1 aliphatic carbocycles. The number of nitrogens with one attached hydrogen (secondary N) is 3. The van der Waals surface area contributed by atoms with Gasteiger partial charge in [0, 0.05) is 36.8 Å². The Kier molecular flexibility index (Phi) is 9.63. The number of anilines is 1. The fourth-order valence-corrected chi connectivity index (χ4v) is 5.76. The van der Waals surface area contributed by atoms with Crippen molar-refractivity contribution < 1.29 is 28.3 Å². The molecule has 2 atom stereocenters. The smallest absolute Gasteiger partial charge is 0.307 e. The molecule has 6 rings (SSSR count). The number of amides is 3. The SMILES string of the molecule is CC1CNC(C)(C)CC(=O)N[C@@H]2CCc3cc(F)ccc3N(C=c3ccc(cc3)=C3CC=CC=C3C(=O)NCCC(=O)O1)C2=O. The highest BCUT2D eigenvalue weighted by Crippen LogP contribution is 2.29. The summed E-state index contributed by atoms with van der Waals surface area (Å²) in [5, 5.41) is 10.6. The first-order valence-corrected chi connectivity index (χ1v) is 15.3. The molecular formula is C35H39FN4O5. The van der Waals surface area contributed by atoms with Crippen molar-refractivity contribution in [2.45, 2.75) is 70.6 Å². The van der Waals surface area contributed by atoms with Gasteiger partial charge in [-0.05, 0) is 85.9 Å². The second-order valence-electron chi connectivity index (χ2n) is 12.3. The van der Waals surface area contributed by atoms with Crippen LogP contribution in [0.4, 0.5) is 10.1 Å². The molecule has 0 fully saturated rings. The van der Waals surface area contributed by atoms with Gasteiger partial charge in [0.25, 0.3) is 11.8 Å². The average molecular weight is 615 g/mol. The first kappa shape index (κ1) is 31.8. The van der Waals surface area contributed by atoms with E-state index in [1.807, 2.05) is 50.3 Å². The average Bonchev–Trinajstić information content (AvgIpc) is 3.12. The van der Waals surface area contributed by atoms with Gasteiger partial charge in [-0.15, -0.1) is 0 Å². The summed E-state index contributed by atoms with van der Waals surface area (Å²) in [6, 6.07) is 11.0. The minimum Gasteiger partial charge on any atom is -0.461 e. The molecule has 1 unspecified atom stereocenters. The van der Waals surface area contributed by atoms with Gasteiger partial charge in [-0.2, -0.15) is 0 Å². The van der Waals surface area contributed by atoms with E-state index in [4.69, 9.17) is 4.74 Å². The first-order chi connectivity index (χ1) is 21.5. The van der Waals surface area contributed by atoms with Crippen LogP contribution >= 0.6 is 0 Å². The van der Waals surface area contributed by atoms with Crippen LogP contribution in [-0.2, 0) is 30.3 Å². The zero-order valence-corrected chi connectivity index (χ0v) is 25.8. The third kappa shape index (κ3) is 7.94. The largest absolute Gasteiger partial charge is 0.461 e. The predicted molar refractivity (Wildman–Crippen MR) is 169 cm³/mol. The molecule has 2 aromatic rings. The lowest BCUT2D eigenvalue weighted by Gasteiger charge is -2.29. The van der Waals surface area contributed by atoms with Gasteiger partial charge in [0.2, 0.25) is 5.91 Å². The molecule has 0 saturated carbocycles. The number of halogens is 1. The van der Waals surface area contributed by atoms with Gasteiger partial charge in [-0.25, -0.2) is 4.39 Å². The van der Waals surface area contributed by atoms with Crippen LogP contribution in [-0.4, -0.2) is 54.5 Å². The zero-order chi connectivity index (χ0) is 32.1. The standard InChI is InChI=1S/C35H39FN4O5/c1-22-20-38-35(2,3)19-31(41)39-29-14-12-25-18-26(36)13-15-30(25)40(34(29)44)21-23-8-10-24(11-9-23)27-6-4-5-7-28(27)33(43)37-17-16-32(42)45-22/h4-5,7-11,13,15,18,21-22,29,38H,6,12,14,16-17,19-20H2,1-3H3,(H,37,43)(H,39,41)/t22?,29-/m1/s1. The molecule has 0 aromatic heterocycles.